The van der Waals surface area contributed by atoms with E-state index in [-0.39, 0.29) is 11.8 Å². The second-order valence-corrected chi connectivity index (χ2v) is 7.41. The largest absolute Gasteiger partial charge is 0.351 e. The fourth-order valence-corrected chi connectivity index (χ4v) is 3.56. The lowest BCUT2D eigenvalue weighted by atomic mass is 9.94. The van der Waals surface area contributed by atoms with Crippen LogP contribution in [0, 0.1) is 5.92 Å². The SMILES string of the molecule is CC(C)Cc1cc(C(=O)N2CCC[C@@H](c3ccc4cn[nH]c4n3)C2)on1. The van der Waals surface area contributed by atoms with Gasteiger partial charge in [0.05, 0.1) is 11.9 Å². The van der Waals surface area contributed by atoms with Crippen LogP contribution in [0.1, 0.15) is 54.5 Å². The average Bonchev–Trinajstić information content (AvgIpc) is 3.29. The van der Waals surface area contributed by atoms with Gasteiger partial charge in [0.15, 0.2) is 5.65 Å². The molecule has 0 bridgehead atoms. The molecule has 0 saturated carbocycles. The highest BCUT2D eigenvalue weighted by atomic mass is 16.5. The molecule has 7 heteroatoms. The van der Waals surface area contributed by atoms with Crippen LogP contribution >= 0.6 is 0 Å². The van der Waals surface area contributed by atoms with Gasteiger partial charge in [-0.1, -0.05) is 19.0 Å². The number of likely N-dealkylation sites (tertiary alicyclic amines) is 1. The normalized spacial score (nSPS) is 18.0. The van der Waals surface area contributed by atoms with Gasteiger partial charge in [-0.3, -0.25) is 9.89 Å². The van der Waals surface area contributed by atoms with Gasteiger partial charge in [0.2, 0.25) is 5.76 Å². The molecule has 1 fully saturated rings. The van der Waals surface area contributed by atoms with Crippen LogP contribution in [-0.2, 0) is 6.42 Å². The van der Waals surface area contributed by atoms with Crippen molar-refractivity contribution in [2.24, 2.45) is 5.92 Å². The quantitative estimate of drug-likeness (QED) is 0.778. The van der Waals surface area contributed by atoms with Crippen molar-refractivity contribution in [1.29, 1.82) is 0 Å². The molecule has 26 heavy (non-hydrogen) atoms. The first-order valence-corrected chi connectivity index (χ1v) is 9.15. The molecular weight excluding hydrogens is 330 g/mol. The van der Waals surface area contributed by atoms with Gasteiger partial charge >= 0.3 is 0 Å². The zero-order valence-electron chi connectivity index (χ0n) is 15.1. The summed E-state index contributed by atoms with van der Waals surface area (Å²) in [7, 11) is 0. The average molecular weight is 353 g/mol. The number of fused-ring (bicyclic) bond motifs is 1. The number of aromatic amines is 1. The van der Waals surface area contributed by atoms with Crippen molar-refractivity contribution < 1.29 is 9.32 Å². The van der Waals surface area contributed by atoms with E-state index in [1.165, 1.54) is 0 Å². The van der Waals surface area contributed by atoms with Crippen LogP contribution < -0.4 is 0 Å². The van der Waals surface area contributed by atoms with Crippen LogP contribution in [0.2, 0.25) is 0 Å². The molecule has 1 aliphatic heterocycles. The number of rotatable bonds is 4. The number of nitrogens with zero attached hydrogens (tertiary/aromatic N) is 4. The van der Waals surface area contributed by atoms with Crippen molar-refractivity contribution in [2.45, 2.75) is 39.0 Å². The summed E-state index contributed by atoms with van der Waals surface area (Å²) < 4.78 is 5.30. The minimum absolute atomic E-state index is 0.0835. The summed E-state index contributed by atoms with van der Waals surface area (Å²) in [5.74, 6) is 0.947. The molecule has 0 aromatic carbocycles. The van der Waals surface area contributed by atoms with Gasteiger partial charge in [-0.15, -0.1) is 0 Å². The van der Waals surface area contributed by atoms with E-state index in [4.69, 9.17) is 4.52 Å². The van der Waals surface area contributed by atoms with Crippen LogP contribution in [0.5, 0.6) is 0 Å². The lowest BCUT2D eigenvalue weighted by Gasteiger charge is -2.31. The lowest BCUT2D eigenvalue weighted by molar-refractivity contribution is 0.0664. The first-order chi connectivity index (χ1) is 12.6. The third-order valence-corrected chi connectivity index (χ3v) is 4.84. The van der Waals surface area contributed by atoms with Crippen molar-refractivity contribution in [3.63, 3.8) is 0 Å². The number of aromatic nitrogens is 4. The number of H-pyrrole nitrogens is 1. The van der Waals surface area contributed by atoms with Crippen molar-refractivity contribution in [3.8, 4) is 0 Å². The van der Waals surface area contributed by atoms with Crippen LogP contribution in [0.4, 0.5) is 0 Å². The zero-order chi connectivity index (χ0) is 18.1. The molecule has 4 heterocycles. The third kappa shape index (κ3) is 3.34. The van der Waals surface area contributed by atoms with E-state index in [1.807, 2.05) is 17.0 Å². The van der Waals surface area contributed by atoms with E-state index in [2.05, 4.69) is 34.2 Å². The van der Waals surface area contributed by atoms with E-state index < -0.39 is 0 Å². The molecule has 3 aromatic rings. The molecule has 0 radical (unpaired) electrons. The van der Waals surface area contributed by atoms with Gasteiger partial charge in [-0.25, -0.2) is 4.98 Å². The standard InChI is InChI=1S/C19H23N5O2/c1-12(2)8-15-9-17(26-23-15)19(25)24-7-3-4-14(11-24)16-6-5-13-10-20-22-18(13)21-16/h5-6,9-10,12,14H,3-4,7-8,11H2,1-2H3,(H,20,21,22)/t14-/m1/s1. The summed E-state index contributed by atoms with van der Waals surface area (Å²) >= 11 is 0. The first-order valence-electron chi connectivity index (χ1n) is 9.15. The van der Waals surface area contributed by atoms with E-state index >= 15 is 0 Å². The topological polar surface area (TPSA) is 87.9 Å². The second-order valence-electron chi connectivity index (χ2n) is 7.41. The van der Waals surface area contributed by atoms with Crippen LogP contribution in [-0.4, -0.2) is 44.2 Å². The van der Waals surface area contributed by atoms with Crippen LogP contribution in [0.3, 0.4) is 0 Å². The van der Waals surface area contributed by atoms with Gasteiger partial charge in [-0.2, -0.15) is 5.10 Å². The van der Waals surface area contributed by atoms with E-state index in [0.717, 1.165) is 48.2 Å². The Bertz CT molecular complexity index is 913. The minimum atomic E-state index is -0.0835. The fourth-order valence-electron chi connectivity index (χ4n) is 3.56. The number of pyridine rings is 1. The molecule has 0 aliphatic carbocycles. The summed E-state index contributed by atoms with van der Waals surface area (Å²) in [4.78, 5) is 19.3. The Morgan fingerprint density at radius 3 is 3.15 bits per heavy atom. The molecule has 1 atom stereocenters. The number of carbonyl (C=O) groups excluding carboxylic acids is 1. The summed E-state index contributed by atoms with van der Waals surface area (Å²) in [5.41, 5.74) is 2.63. The van der Waals surface area contributed by atoms with E-state index in [9.17, 15) is 4.79 Å². The highest BCUT2D eigenvalue weighted by Gasteiger charge is 2.28. The fraction of sp³-hybridized carbons (Fsp3) is 0.474. The number of amides is 1. The molecule has 4 rings (SSSR count). The second kappa shape index (κ2) is 6.90. The minimum Gasteiger partial charge on any atom is -0.351 e. The zero-order valence-corrected chi connectivity index (χ0v) is 15.1. The molecule has 7 nitrogen and oxygen atoms in total. The predicted molar refractivity (Wildman–Crippen MR) is 96.8 cm³/mol. The summed E-state index contributed by atoms with van der Waals surface area (Å²) in [6.45, 7) is 5.62. The maximum Gasteiger partial charge on any atom is 0.292 e. The number of piperidine rings is 1. The molecule has 1 saturated heterocycles. The van der Waals surface area contributed by atoms with Gasteiger partial charge in [0, 0.05) is 36.2 Å². The number of carbonyl (C=O) groups is 1. The van der Waals surface area contributed by atoms with Crippen molar-refractivity contribution in [1.82, 2.24) is 25.2 Å². The Balaban J connectivity index is 1.48. The monoisotopic (exact) mass is 353 g/mol. The predicted octanol–water partition coefficient (Wildman–Crippen LogP) is 3.16. The Morgan fingerprint density at radius 1 is 1.42 bits per heavy atom. The Morgan fingerprint density at radius 2 is 2.31 bits per heavy atom. The van der Waals surface area contributed by atoms with Crippen LogP contribution in [0.25, 0.3) is 11.0 Å². The first kappa shape index (κ1) is 16.8. The highest BCUT2D eigenvalue weighted by molar-refractivity contribution is 5.91. The summed E-state index contributed by atoms with van der Waals surface area (Å²) in [6.07, 6.45) is 4.55. The maximum absolute atomic E-state index is 12.8. The summed E-state index contributed by atoms with van der Waals surface area (Å²) in [6, 6.07) is 5.84. The molecule has 0 unspecified atom stereocenters. The molecule has 136 valence electrons. The van der Waals surface area contributed by atoms with Gasteiger partial charge in [0.1, 0.15) is 0 Å². The lowest BCUT2D eigenvalue weighted by Crippen LogP contribution is -2.39. The van der Waals surface area contributed by atoms with Gasteiger partial charge < -0.3 is 9.42 Å². The molecule has 1 aliphatic rings. The van der Waals surface area contributed by atoms with Crippen LogP contribution in [0.15, 0.2) is 28.9 Å². The number of nitrogens with one attached hydrogen (secondary N) is 1. The summed E-state index contributed by atoms with van der Waals surface area (Å²) in [5, 5.41) is 12.0. The number of hydrogen-bond donors (Lipinski definition) is 1. The molecular formula is C19H23N5O2. The van der Waals surface area contributed by atoms with E-state index in [1.54, 1.807) is 12.3 Å². The molecule has 3 aromatic heterocycles. The Hall–Kier alpha value is -2.70. The number of hydrogen-bond acceptors (Lipinski definition) is 5. The van der Waals surface area contributed by atoms with Gasteiger partial charge in [-0.05, 0) is 37.3 Å². The smallest absolute Gasteiger partial charge is 0.292 e. The molecule has 1 N–H and O–H groups in total. The van der Waals surface area contributed by atoms with E-state index in [0.29, 0.717) is 18.2 Å². The third-order valence-electron chi connectivity index (χ3n) is 4.84. The van der Waals surface area contributed by atoms with Crippen molar-refractivity contribution in [2.75, 3.05) is 13.1 Å². The molecule has 0 spiro atoms. The van der Waals surface area contributed by atoms with Crippen molar-refractivity contribution in [3.05, 3.63) is 41.5 Å². The Kier molecular flexibility index (Phi) is 4.44. The van der Waals surface area contributed by atoms with Gasteiger partial charge in [0.25, 0.3) is 5.91 Å². The molecule has 1 amide bonds. The highest BCUT2D eigenvalue weighted by Crippen LogP contribution is 2.27. The Labute approximate surface area is 151 Å². The maximum atomic E-state index is 12.8. The van der Waals surface area contributed by atoms with Crippen molar-refractivity contribution >= 4 is 16.9 Å².